The van der Waals surface area contributed by atoms with E-state index in [1.807, 2.05) is 0 Å². The molecular formula is C3H13NO2Si3. The molecule has 0 N–H and O–H groups in total. The molecule has 1 aliphatic heterocycles. The lowest BCUT2D eigenvalue weighted by Crippen LogP contribution is -2.42. The standard InChI is InChI=1S/C3H13NO2Si3/c7-6-9-4-1-2-5-3-8-4/h1-3,8-9H2,7H3. The monoisotopic (exact) mass is 179 g/mol. The molecule has 54 valence electrons. The van der Waals surface area contributed by atoms with E-state index in [9.17, 15) is 0 Å². The van der Waals surface area contributed by atoms with Gasteiger partial charge in [-0.3, -0.25) is 0 Å². The molecule has 1 saturated heterocycles. The highest BCUT2D eigenvalue weighted by Gasteiger charge is 2.08. The van der Waals surface area contributed by atoms with E-state index >= 15 is 0 Å². The maximum absolute atomic E-state index is 5.26. The third kappa shape index (κ3) is 2.74. The zero-order valence-electron chi connectivity index (χ0n) is 5.80. The van der Waals surface area contributed by atoms with Crippen molar-refractivity contribution in [2.24, 2.45) is 0 Å². The zero-order valence-corrected chi connectivity index (χ0v) is 10.6. The Morgan fingerprint density at radius 3 is 3.22 bits per heavy atom. The summed E-state index contributed by atoms with van der Waals surface area (Å²) in [6.45, 7) is 2.09. The first kappa shape index (κ1) is 7.64. The molecule has 0 aromatic heterocycles. The molecule has 1 heterocycles. The van der Waals surface area contributed by atoms with Gasteiger partial charge < -0.3 is 13.1 Å². The molecule has 0 atom stereocenters. The molecule has 0 unspecified atom stereocenters. The summed E-state index contributed by atoms with van der Waals surface area (Å²) in [5.74, 6) is 0. The molecule has 0 bridgehead atoms. The lowest BCUT2D eigenvalue weighted by molar-refractivity contribution is 0.149. The van der Waals surface area contributed by atoms with E-state index in [1.165, 1.54) is 0 Å². The lowest BCUT2D eigenvalue weighted by atomic mass is 10.7. The van der Waals surface area contributed by atoms with E-state index in [0.29, 0.717) is 0 Å². The zero-order chi connectivity index (χ0) is 6.53. The van der Waals surface area contributed by atoms with Crippen molar-refractivity contribution in [3.05, 3.63) is 0 Å². The van der Waals surface area contributed by atoms with Crippen molar-refractivity contribution in [2.45, 2.75) is 0 Å². The molecule has 3 nitrogen and oxygen atoms in total. The van der Waals surface area contributed by atoms with Gasteiger partial charge in [0.2, 0.25) is 9.92 Å². The highest BCUT2D eigenvalue weighted by Crippen LogP contribution is 1.90. The van der Waals surface area contributed by atoms with E-state index in [0.717, 1.165) is 29.9 Å². The van der Waals surface area contributed by atoms with Crippen LogP contribution in [0.2, 0.25) is 0 Å². The maximum atomic E-state index is 5.26. The second-order valence-electron chi connectivity index (χ2n) is 2.15. The van der Waals surface area contributed by atoms with Crippen molar-refractivity contribution in [3.63, 3.8) is 0 Å². The highest BCUT2D eigenvalue weighted by atomic mass is 28.3. The predicted octanol–water partition coefficient (Wildman–Crippen LogP) is -3.34. The van der Waals surface area contributed by atoms with Crippen molar-refractivity contribution in [2.75, 3.05) is 19.4 Å². The normalized spacial score (nSPS) is 26.7. The largest absolute Gasteiger partial charge is 0.457 e. The Morgan fingerprint density at radius 2 is 2.67 bits per heavy atom. The summed E-state index contributed by atoms with van der Waals surface area (Å²) in [4.78, 5) is 0. The summed E-state index contributed by atoms with van der Waals surface area (Å²) < 4.78 is 13.0. The summed E-state index contributed by atoms with van der Waals surface area (Å²) in [6.07, 6.45) is 1.04. The number of ether oxygens (including phenoxy) is 1. The van der Waals surface area contributed by atoms with Gasteiger partial charge in [0.05, 0.1) is 6.61 Å². The number of nitrogens with zero attached hydrogens (tertiary/aromatic N) is 1. The minimum atomic E-state index is -0.247. The minimum Gasteiger partial charge on any atom is -0.457 e. The number of hydrogen-bond donors (Lipinski definition) is 0. The summed E-state index contributed by atoms with van der Waals surface area (Å²) in [7, 11) is 0.658. The Morgan fingerprint density at radius 1 is 1.78 bits per heavy atom. The SMILES string of the molecule is [SiH3]O[SiH2]N1CCOC[SiH2]1. The van der Waals surface area contributed by atoms with E-state index in [1.54, 1.807) is 0 Å². The maximum Gasteiger partial charge on any atom is 0.219 e. The Bertz CT molecular complexity index is 74.7. The van der Waals surface area contributed by atoms with Gasteiger partial charge in [0.25, 0.3) is 0 Å². The molecular weight excluding hydrogens is 166 g/mol. The van der Waals surface area contributed by atoms with Crippen LogP contribution in [0.5, 0.6) is 0 Å². The van der Waals surface area contributed by atoms with Crippen LogP contribution in [0.15, 0.2) is 0 Å². The van der Waals surface area contributed by atoms with Gasteiger partial charge >= 0.3 is 0 Å². The van der Waals surface area contributed by atoms with Crippen LogP contribution in [-0.2, 0) is 8.85 Å². The van der Waals surface area contributed by atoms with E-state index in [-0.39, 0.29) is 19.6 Å². The van der Waals surface area contributed by atoms with Gasteiger partial charge in [0.15, 0.2) is 0 Å². The molecule has 0 radical (unpaired) electrons. The van der Waals surface area contributed by atoms with Crippen LogP contribution in [0.3, 0.4) is 0 Å². The average molecular weight is 179 g/mol. The second kappa shape index (κ2) is 4.36. The van der Waals surface area contributed by atoms with Crippen LogP contribution in [0.4, 0.5) is 0 Å². The molecule has 1 aliphatic rings. The van der Waals surface area contributed by atoms with Gasteiger partial charge in [-0.05, 0) is 0 Å². The van der Waals surface area contributed by atoms with E-state index < -0.39 is 0 Å². The molecule has 0 spiro atoms. The average Bonchev–Trinajstić information content (AvgIpc) is 1.91. The Kier molecular flexibility index (Phi) is 3.70. The van der Waals surface area contributed by atoms with Crippen LogP contribution in [0.1, 0.15) is 0 Å². The van der Waals surface area contributed by atoms with Gasteiger partial charge in [0.1, 0.15) is 20.2 Å². The molecule has 0 aliphatic carbocycles. The van der Waals surface area contributed by atoms with Crippen LogP contribution >= 0.6 is 0 Å². The van der Waals surface area contributed by atoms with Gasteiger partial charge in [-0.1, -0.05) is 0 Å². The van der Waals surface area contributed by atoms with Gasteiger partial charge in [0, 0.05) is 12.8 Å². The fourth-order valence-electron chi connectivity index (χ4n) is 0.913. The first-order valence-electron chi connectivity index (χ1n) is 3.22. The lowest BCUT2D eigenvalue weighted by Gasteiger charge is -2.25. The first-order valence-corrected chi connectivity index (χ1v) is 6.88. The van der Waals surface area contributed by atoms with Crippen molar-refractivity contribution in [1.29, 1.82) is 0 Å². The van der Waals surface area contributed by atoms with Crippen molar-refractivity contribution >= 4 is 30.1 Å². The summed E-state index contributed by atoms with van der Waals surface area (Å²) in [6, 6.07) is 0. The molecule has 0 saturated carbocycles. The fraction of sp³-hybridized carbons (Fsp3) is 1.00. The summed E-state index contributed by atoms with van der Waals surface area (Å²) in [5.41, 5.74) is 0. The third-order valence-corrected chi connectivity index (χ3v) is 6.05. The number of rotatable bonds is 2. The Hall–Kier alpha value is 0.531. The smallest absolute Gasteiger partial charge is 0.219 e. The third-order valence-electron chi connectivity index (χ3n) is 1.42. The second-order valence-corrected chi connectivity index (χ2v) is 8.25. The van der Waals surface area contributed by atoms with E-state index in [4.69, 9.17) is 8.85 Å². The van der Waals surface area contributed by atoms with E-state index in [2.05, 4.69) is 4.23 Å². The molecule has 0 aromatic carbocycles. The van der Waals surface area contributed by atoms with Crippen molar-refractivity contribution < 1.29 is 8.85 Å². The first-order chi connectivity index (χ1) is 4.43. The molecule has 1 rings (SSSR count). The molecule has 0 aromatic rings. The van der Waals surface area contributed by atoms with Gasteiger partial charge in [-0.25, -0.2) is 0 Å². The Labute approximate surface area is 63.2 Å². The topological polar surface area (TPSA) is 21.7 Å². The Balaban J connectivity index is 2.08. The fourth-order valence-corrected chi connectivity index (χ4v) is 6.12. The van der Waals surface area contributed by atoms with Crippen molar-refractivity contribution in [3.8, 4) is 0 Å². The summed E-state index contributed by atoms with van der Waals surface area (Å²) >= 11 is 0. The van der Waals surface area contributed by atoms with Crippen molar-refractivity contribution in [1.82, 2.24) is 4.23 Å². The van der Waals surface area contributed by atoms with Gasteiger partial charge in [-0.2, -0.15) is 0 Å². The summed E-state index contributed by atoms with van der Waals surface area (Å²) in [5, 5.41) is 0. The predicted molar refractivity (Wildman–Crippen MR) is 45.6 cm³/mol. The number of hydrogen-bond acceptors (Lipinski definition) is 3. The van der Waals surface area contributed by atoms with Crippen LogP contribution in [0, 0.1) is 0 Å². The minimum absolute atomic E-state index is 0.0185. The van der Waals surface area contributed by atoms with Crippen LogP contribution in [0.25, 0.3) is 0 Å². The molecule has 9 heavy (non-hydrogen) atoms. The van der Waals surface area contributed by atoms with Gasteiger partial charge in [-0.15, -0.1) is 0 Å². The molecule has 6 heteroatoms. The quantitative estimate of drug-likeness (QED) is 0.414. The molecule has 0 amide bonds. The van der Waals surface area contributed by atoms with Crippen LogP contribution < -0.4 is 0 Å². The molecule has 1 fully saturated rings. The van der Waals surface area contributed by atoms with Crippen LogP contribution in [-0.4, -0.2) is 53.7 Å². The highest BCUT2D eigenvalue weighted by molar-refractivity contribution is 6.48.